The van der Waals surface area contributed by atoms with Crippen LogP contribution in [-0.2, 0) is 0 Å². The minimum Gasteiger partial charge on any atom is -0.507 e. The lowest BCUT2D eigenvalue weighted by molar-refractivity contribution is 0.103. The van der Waals surface area contributed by atoms with Crippen LogP contribution >= 0.6 is 0 Å². The number of hydrogen-bond acceptors (Lipinski definition) is 2. The fourth-order valence-electron chi connectivity index (χ4n) is 1.33. The van der Waals surface area contributed by atoms with Gasteiger partial charge in [0.15, 0.2) is 5.78 Å². The summed E-state index contributed by atoms with van der Waals surface area (Å²) in [6.45, 7) is 7.10. The Hall–Kier alpha value is -2.35. The third-order valence-corrected chi connectivity index (χ3v) is 2.12. The second-order valence-corrected chi connectivity index (χ2v) is 3.30. The van der Waals surface area contributed by atoms with Crippen LogP contribution in [0.1, 0.15) is 10.4 Å². The molecule has 1 rings (SSSR count). The van der Waals surface area contributed by atoms with Crippen molar-refractivity contribution >= 4 is 5.78 Å². The summed E-state index contributed by atoms with van der Waals surface area (Å²) in [4.78, 5) is 12.1. The first-order chi connectivity index (χ1) is 8.20. The molecule has 1 aromatic rings. The van der Waals surface area contributed by atoms with Gasteiger partial charge in [-0.05, 0) is 12.1 Å². The number of allylic oxidation sites excluding steroid dienone is 6. The molecule has 2 nitrogen and oxygen atoms in total. The van der Waals surface area contributed by atoms with Crippen LogP contribution in [0.25, 0.3) is 0 Å². The van der Waals surface area contributed by atoms with Crippen molar-refractivity contribution < 1.29 is 9.90 Å². The molecule has 1 aromatic carbocycles. The Morgan fingerprint density at radius 3 is 2.47 bits per heavy atom. The lowest BCUT2D eigenvalue weighted by Gasteiger charge is -2.03. The van der Waals surface area contributed by atoms with E-state index in [4.69, 9.17) is 0 Å². The first-order valence-electron chi connectivity index (χ1n) is 5.15. The molecule has 0 heterocycles. The van der Waals surface area contributed by atoms with E-state index in [1.165, 1.54) is 12.1 Å². The molecule has 0 amide bonds. The summed E-state index contributed by atoms with van der Waals surface area (Å²) in [5.74, 6) is -0.277. The predicted octanol–water partition coefficient (Wildman–Crippen LogP) is 3.43. The van der Waals surface area contributed by atoms with Gasteiger partial charge in [0.05, 0.1) is 5.56 Å². The number of phenolic OH excluding ortho intramolecular Hbond substituents is 1. The summed E-state index contributed by atoms with van der Waals surface area (Å²) in [6, 6.07) is 6.44. The molecular formula is C15H14O2. The summed E-state index contributed by atoms with van der Waals surface area (Å²) in [7, 11) is 0. The molecule has 0 aliphatic heterocycles. The largest absolute Gasteiger partial charge is 0.507 e. The number of para-hydroxylation sites is 1. The minimum atomic E-state index is -0.249. The zero-order valence-electron chi connectivity index (χ0n) is 9.47. The molecule has 2 heteroatoms. The summed E-state index contributed by atoms with van der Waals surface area (Å²) < 4.78 is 0. The van der Waals surface area contributed by atoms with Gasteiger partial charge in [-0.1, -0.05) is 55.7 Å². The number of ketones is 1. The van der Waals surface area contributed by atoms with Crippen LogP contribution in [0.2, 0.25) is 0 Å². The molecule has 17 heavy (non-hydrogen) atoms. The molecule has 1 N–H and O–H groups in total. The number of phenols is 1. The second kappa shape index (κ2) is 6.28. The van der Waals surface area contributed by atoms with Gasteiger partial charge in [0, 0.05) is 5.57 Å². The minimum absolute atomic E-state index is 0.0283. The SMILES string of the molecule is C=C/C=C\C(=C/C=C)C(=O)c1ccccc1O. The summed E-state index contributed by atoms with van der Waals surface area (Å²) in [6.07, 6.45) is 7.99. The van der Waals surface area contributed by atoms with Crippen molar-refractivity contribution in [2.45, 2.75) is 0 Å². The van der Waals surface area contributed by atoms with E-state index in [0.29, 0.717) is 5.57 Å². The fourth-order valence-corrected chi connectivity index (χ4v) is 1.33. The lowest BCUT2D eigenvalue weighted by atomic mass is 10.0. The third kappa shape index (κ3) is 3.31. The van der Waals surface area contributed by atoms with Crippen molar-refractivity contribution in [1.82, 2.24) is 0 Å². The zero-order chi connectivity index (χ0) is 12.7. The van der Waals surface area contributed by atoms with Gasteiger partial charge in [0.1, 0.15) is 5.75 Å². The predicted molar refractivity (Wildman–Crippen MR) is 70.1 cm³/mol. The van der Waals surface area contributed by atoms with Crippen molar-refractivity contribution in [3.05, 3.63) is 78.9 Å². The Balaban J connectivity index is 3.13. The van der Waals surface area contributed by atoms with Crippen LogP contribution in [0.4, 0.5) is 0 Å². The van der Waals surface area contributed by atoms with E-state index in [1.807, 2.05) is 0 Å². The number of rotatable bonds is 5. The van der Waals surface area contributed by atoms with E-state index in [2.05, 4.69) is 13.2 Å². The number of carbonyl (C=O) groups is 1. The third-order valence-electron chi connectivity index (χ3n) is 2.12. The van der Waals surface area contributed by atoms with Gasteiger partial charge >= 0.3 is 0 Å². The van der Waals surface area contributed by atoms with Gasteiger partial charge in [0.25, 0.3) is 0 Å². The summed E-state index contributed by atoms with van der Waals surface area (Å²) in [5.41, 5.74) is 0.718. The Kier molecular flexibility index (Phi) is 4.70. The number of hydrogen-bond donors (Lipinski definition) is 1. The molecule has 0 unspecified atom stereocenters. The number of benzene rings is 1. The first kappa shape index (κ1) is 12.7. The van der Waals surface area contributed by atoms with Gasteiger partial charge in [-0.25, -0.2) is 0 Å². The normalized spacial score (nSPS) is 11.4. The van der Waals surface area contributed by atoms with Crippen molar-refractivity contribution in [3.63, 3.8) is 0 Å². The van der Waals surface area contributed by atoms with E-state index < -0.39 is 0 Å². The molecule has 86 valence electrons. The number of aromatic hydroxyl groups is 1. The number of Topliss-reactive ketones (excluding diaryl/α,β-unsaturated/α-hetero) is 1. The molecule has 0 radical (unpaired) electrons. The Labute approximate surface area is 101 Å². The first-order valence-corrected chi connectivity index (χ1v) is 5.15. The molecule has 0 aliphatic rings. The summed E-state index contributed by atoms with van der Waals surface area (Å²) in [5, 5.41) is 9.61. The molecule has 0 atom stereocenters. The lowest BCUT2D eigenvalue weighted by Crippen LogP contribution is -2.01. The Morgan fingerprint density at radius 2 is 1.88 bits per heavy atom. The average Bonchev–Trinajstić information content (AvgIpc) is 2.34. The monoisotopic (exact) mass is 226 g/mol. The van der Waals surface area contributed by atoms with Crippen molar-refractivity contribution in [2.75, 3.05) is 0 Å². The van der Waals surface area contributed by atoms with Gasteiger partial charge < -0.3 is 5.11 Å². The maximum atomic E-state index is 12.1. The molecule has 0 fully saturated rings. The maximum absolute atomic E-state index is 12.1. The van der Waals surface area contributed by atoms with E-state index >= 15 is 0 Å². The van der Waals surface area contributed by atoms with Gasteiger partial charge in [-0.3, -0.25) is 4.79 Å². The molecule has 0 aromatic heterocycles. The second-order valence-electron chi connectivity index (χ2n) is 3.30. The van der Waals surface area contributed by atoms with E-state index in [9.17, 15) is 9.90 Å². The Bertz CT molecular complexity index is 493. The highest BCUT2D eigenvalue weighted by atomic mass is 16.3. The van der Waals surface area contributed by atoms with Crippen LogP contribution in [0.15, 0.2) is 73.4 Å². The fraction of sp³-hybridized carbons (Fsp3) is 0. The van der Waals surface area contributed by atoms with Gasteiger partial charge in [-0.15, -0.1) is 0 Å². The topological polar surface area (TPSA) is 37.3 Å². The highest BCUT2D eigenvalue weighted by molar-refractivity contribution is 6.12. The van der Waals surface area contributed by atoms with Crippen LogP contribution in [0.3, 0.4) is 0 Å². The van der Waals surface area contributed by atoms with Crippen molar-refractivity contribution in [1.29, 1.82) is 0 Å². The average molecular weight is 226 g/mol. The van der Waals surface area contributed by atoms with Gasteiger partial charge in [-0.2, -0.15) is 0 Å². The quantitative estimate of drug-likeness (QED) is 0.474. The molecule has 0 saturated carbocycles. The highest BCUT2D eigenvalue weighted by Gasteiger charge is 2.12. The maximum Gasteiger partial charge on any atom is 0.196 e. The molecule has 0 spiro atoms. The molecule has 0 saturated heterocycles. The van der Waals surface area contributed by atoms with Gasteiger partial charge in [0.2, 0.25) is 0 Å². The van der Waals surface area contributed by atoms with E-state index in [0.717, 1.165) is 0 Å². The Morgan fingerprint density at radius 1 is 1.18 bits per heavy atom. The van der Waals surface area contributed by atoms with Crippen LogP contribution in [-0.4, -0.2) is 10.9 Å². The molecule has 0 bridgehead atoms. The molecular weight excluding hydrogens is 212 g/mol. The van der Waals surface area contributed by atoms with Crippen LogP contribution in [0.5, 0.6) is 5.75 Å². The van der Waals surface area contributed by atoms with Crippen molar-refractivity contribution in [2.24, 2.45) is 0 Å². The van der Waals surface area contributed by atoms with Crippen molar-refractivity contribution in [3.8, 4) is 5.75 Å². The van der Waals surface area contributed by atoms with E-state index in [-0.39, 0.29) is 17.1 Å². The summed E-state index contributed by atoms with van der Waals surface area (Å²) >= 11 is 0. The van der Waals surface area contributed by atoms with Crippen LogP contribution < -0.4 is 0 Å². The highest BCUT2D eigenvalue weighted by Crippen LogP contribution is 2.20. The number of carbonyl (C=O) groups excluding carboxylic acids is 1. The molecule has 0 aliphatic carbocycles. The smallest absolute Gasteiger partial charge is 0.196 e. The van der Waals surface area contributed by atoms with E-state index in [1.54, 1.807) is 42.5 Å². The zero-order valence-corrected chi connectivity index (χ0v) is 9.47. The standard InChI is InChI=1S/C15H14O2/c1-3-5-9-12(8-4-2)15(17)13-10-6-7-11-14(13)16/h3-11,16H,1-2H2/b9-5-,12-8+. The van der Waals surface area contributed by atoms with Crippen LogP contribution in [0, 0.1) is 0 Å².